The SMILES string of the molecule is CCN(C(=O)c1cccc(NC(=O)CNCc2ccc(OC(C)C)cc2)c1)c1ccccc1. The Hall–Kier alpha value is -3.64. The zero-order valence-electron chi connectivity index (χ0n) is 19.4. The molecule has 0 aromatic heterocycles. The number of hydrogen-bond acceptors (Lipinski definition) is 4. The largest absolute Gasteiger partial charge is 0.491 e. The third kappa shape index (κ3) is 7.19. The van der Waals surface area contributed by atoms with Crippen LogP contribution in [0.3, 0.4) is 0 Å². The summed E-state index contributed by atoms with van der Waals surface area (Å²) in [5, 5.41) is 6.00. The minimum Gasteiger partial charge on any atom is -0.491 e. The molecule has 3 aromatic carbocycles. The number of anilines is 2. The number of amides is 2. The van der Waals surface area contributed by atoms with Crippen molar-refractivity contribution in [3.63, 3.8) is 0 Å². The van der Waals surface area contributed by atoms with Gasteiger partial charge in [0, 0.05) is 30.0 Å². The number of para-hydroxylation sites is 1. The number of carbonyl (C=O) groups excluding carboxylic acids is 2. The van der Waals surface area contributed by atoms with Crippen LogP contribution < -0.4 is 20.3 Å². The van der Waals surface area contributed by atoms with Crippen LogP contribution in [0.5, 0.6) is 5.75 Å². The number of ether oxygens (including phenoxy) is 1. The van der Waals surface area contributed by atoms with E-state index in [0.717, 1.165) is 17.0 Å². The molecule has 172 valence electrons. The van der Waals surface area contributed by atoms with E-state index < -0.39 is 0 Å². The van der Waals surface area contributed by atoms with Crippen molar-refractivity contribution < 1.29 is 14.3 Å². The number of nitrogens with zero attached hydrogens (tertiary/aromatic N) is 1. The zero-order chi connectivity index (χ0) is 23.6. The second kappa shape index (κ2) is 11.8. The van der Waals surface area contributed by atoms with Gasteiger partial charge in [0.15, 0.2) is 0 Å². The molecule has 0 aliphatic rings. The summed E-state index contributed by atoms with van der Waals surface area (Å²) in [6.45, 7) is 7.19. The summed E-state index contributed by atoms with van der Waals surface area (Å²) in [5.41, 5.74) is 3.02. The molecule has 0 aliphatic carbocycles. The molecule has 0 unspecified atom stereocenters. The molecule has 2 N–H and O–H groups in total. The minimum atomic E-state index is -0.172. The Morgan fingerprint density at radius 3 is 2.33 bits per heavy atom. The van der Waals surface area contributed by atoms with E-state index in [9.17, 15) is 9.59 Å². The lowest BCUT2D eigenvalue weighted by Gasteiger charge is -2.21. The summed E-state index contributed by atoms with van der Waals surface area (Å²) in [7, 11) is 0. The van der Waals surface area contributed by atoms with Crippen LogP contribution >= 0.6 is 0 Å². The molecule has 0 aliphatic heterocycles. The molecule has 0 heterocycles. The third-order valence-corrected chi connectivity index (χ3v) is 4.93. The Kier molecular flexibility index (Phi) is 8.61. The summed E-state index contributed by atoms with van der Waals surface area (Å²) >= 11 is 0. The van der Waals surface area contributed by atoms with Crippen LogP contribution in [0.15, 0.2) is 78.9 Å². The molecule has 6 heteroatoms. The monoisotopic (exact) mass is 445 g/mol. The topological polar surface area (TPSA) is 70.7 Å². The summed E-state index contributed by atoms with van der Waals surface area (Å²) < 4.78 is 5.64. The van der Waals surface area contributed by atoms with Crippen molar-refractivity contribution in [2.75, 3.05) is 23.3 Å². The van der Waals surface area contributed by atoms with Gasteiger partial charge in [0.1, 0.15) is 5.75 Å². The van der Waals surface area contributed by atoms with Crippen LogP contribution in [-0.2, 0) is 11.3 Å². The number of carbonyl (C=O) groups is 2. The molecular formula is C27H31N3O3. The maximum absolute atomic E-state index is 13.0. The van der Waals surface area contributed by atoms with E-state index in [2.05, 4.69) is 10.6 Å². The fraction of sp³-hybridized carbons (Fsp3) is 0.259. The van der Waals surface area contributed by atoms with Gasteiger partial charge in [0.2, 0.25) is 5.91 Å². The molecule has 6 nitrogen and oxygen atoms in total. The second-order valence-corrected chi connectivity index (χ2v) is 7.93. The quantitative estimate of drug-likeness (QED) is 0.467. The fourth-order valence-corrected chi connectivity index (χ4v) is 3.42. The molecule has 0 bridgehead atoms. The predicted octanol–water partition coefficient (Wildman–Crippen LogP) is 4.87. The van der Waals surface area contributed by atoms with Crippen LogP contribution in [0.4, 0.5) is 11.4 Å². The molecule has 2 amide bonds. The summed E-state index contributed by atoms with van der Waals surface area (Å²) in [4.78, 5) is 27.1. The molecule has 33 heavy (non-hydrogen) atoms. The number of rotatable bonds is 10. The van der Waals surface area contributed by atoms with Gasteiger partial charge in [-0.3, -0.25) is 9.59 Å². The summed E-state index contributed by atoms with van der Waals surface area (Å²) in [6.07, 6.45) is 0.134. The van der Waals surface area contributed by atoms with Crippen molar-refractivity contribution in [2.45, 2.75) is 33.4 Å². The lowest BCUT2D eigenvalue weighted by Crippen LogP contribution is -2.31. The van der Waals surface area contributed by atoms with E-state index >= 15 is 0 Å². The standard InChI is InChI=1S/C27H31N3O3/c1-4-30(24-11-6-5-7-12-24)27(32)22-9-8-10-23(17-22)29-26(31)19-28-18-21-13-15-25(16-14-21)33-20(2)3/h5-17,20,28H,4,18-19H2,1-3H3,(H,29,31). The molecular weight excluding hydrogens is 414 g/mol. The van der Waals surface area contributed by atoms with E-state index in [1.165, 1.54) is 0 Å². The van der Waals surface area contributed by atoms with Gasteiger partial charge in [0.05, 0.1) is 12.6 Å². The summed E-state index contributed by atoms with van der Waals surface area (Å²) in [6, 6.07) is 24.4. The zero-order valence-corrected chi connectivity index (χ0v) is 19.4. The van der Waals surface area contributed by atoms with Gasteiger partial charge in [-0.05, 0) is 68.8 Å². The van der Waals surface area contributed by atoms with Crippen LogP contribution in [-0.4, -0.2) is 31.0 Å². The van der Waals surface area contributed by atoms with E-state index in [0.29, 0.717) is 24.3 Å². The first-order chi connectivity index (χ1) is 16.0. The van der Waals surface area contributed by atoms with E-state index in [1.807, 2.05) is 75.4 Å². The first kappa shape index (κ1) is 24.0. The van der Waals surface area contributed by atoms with Gasteiger partial charge < -0.3 is 20.3 Å². The van der Waals surface area contributed by atoms with Crippen molar-refractivity contribution in [2.24, 2.45) is 0 Å². The van der Waals surface area contributed by atoms with Gasteiger partial charge in [-0.1, -0.05) is 36.4 Å². The van der Waals surface area contributed by atoms with Gasteiger partial charge in [0.25, 0.3) is 5.91 Å². The van der Waals surface area contributed by atoms with Crippen molar-refractivity contribution >= 4 is 23.2 Å². The van der Waals surface area contributed by atoms with E-state index in [1.54, 1.807) is 29.2 Å². The highest BCUT2D eigenvalue weighted by atomic mass is 16.5. The van der Waals surface area contributed by atoms with Gasteiger partial charge in [-0.15, -0.1) is 0 Å². The highest BCUT2D eigenvalue weighted by molar-refractivity contribution is 6.07. The Morgan fingerprint density at radius 2 is 1.67 bits per heavy atom. The fourth-order valence-electron chi connectivity index (χ4n) is 3.42. The van der Waals surface area contributed by atoms with Crippen LogP contribution in [0.25, 0.3) is 0 Å². The Labute approximate surface area is 195 Å². The maximum atomic E-state index is 13.0. The van der Waals surface area contributed by atoms with Crippen LogP contribution in [0.2, 0.25) is 0 Å². The van der Waals surface area contributed by atoms with Gasteiger partial charge >= 0.3 is 0 Å². The Bertz CT molecular complexity index is 1050. The average Bonchev–Trinajstić information content (AvgIpc) is 2.81. The molecule has 0 radical (unpaired) electrons. The van der Waals surface area contributed by atoms with Gasteiger partial charge in [-0.2, -0.15) is 0 Å². The number of nitrogens with one attached hydrogen (secondary N) is 2. The van der Waals surface area contributed by atoms with Crippen molar-refractivity contribution in [1.82, 2.24) is 5.32 Å². The maximum Gasteiger partial charge on any atom is 0.258 e. The van der Waals surface area contributed by atoms with E-state index in [-0.39, 0.29) is 24.5 Å². The van der Waals surface area contributed by atoms with Crippen LogP contribution in [0.1, 0.15) is 36.7 Å². The number of hydrogen-bond donors (Lipinski definition) is 2. The lowest BCUT2D eigenvalue weighted by atomic mass is 10.1. The number of benzene rings is 3. The molecule has 3 aromatic rings. The van der Waals surface area contributed by atoms with Crippen molar-refractivity contribution in [3.8, 4) is 5.75 Å². The van der Waals surface area contributed by atoms with Gasteiger partial charge in [-0.25, -0.2) is 0 Å². The molecule has 0 fully saturated rings. The molecule has 0 atom stereocenters. The predicted molar refractivity (Wildman–Crippen MR) is 133 cm³/mol. The van der Waals surface area contributed by atoms with Crippen molar-refractivity contribution in [1.29, 1.82) is 0 Å². The van der Waals surface area contributed by atoms with Crippen LogP contribution in [0, 0.1) is 0 Å². The summed E-state index contributed by atoms with van der Waals surface area (Å²) in [5.74, 6) is 0.549. The Balaban J connectivity index is 1.53. The lowest BCUT2D eigenvalue weighted by molar-refractivity contribution is -0.115. The molecule has 0 saturated heterocycles. The first-order valence-electron chi connectivity index (χ1n) is 11.2. The Morgan fingerprint density at radius 1 is 0.939 bits per heavy atom. The first-order valence-corrected chi connectivity index (χ1v) is 11.2. The normalized spacial score (nSPS) is 10.7. The highest BCUT2D eigenvalue weighted by Crippen LogP contribution is 2.19. The molecule has 3 rings (SSSR count). The molecule has 0 spiro atoms. The second-order valence-electron chi connectivity index (χ2n) is 7.93. The highest BCUT2D eigenvalue weighted by Gasteiger charge is 2.16. The smallest absolute Gasteiger partial charge is 0.258 e. The third-order valence-electron chi connectivity index (χ3n) is 4.93. The minimum absolute atomic E-state index is 0.109. The van der Waals surface area contributed by atoms with E-state index in [4.69, 9.17) is 4.74 Å². The average molecular weight is 446 g/mol. The molecule has 0 saturated carbocycles. The van der Waals surface area contributed by atoms with Crippen molar-refractivity contribution in [3.05, 3.63) is 90.0 Å².